The number of hydrogen-bond acceptors (Lipinski definition) is 5. The number of nitrogens with zero attached hydrogens (tertiary/aromatic N) is 4. The maximum absolute atomic E-state index is 12.7. The summed E-state index contributed by atoms with van der Waals surface area (Å²) in [7, 11) is 0. The Morgan fingerprint density at radius 1 is 1.38 bits per heavy atom. The fraction of sp³-hybridized carbons (Fsp3) is 0.500. The lowest BCUT2D eigenvalue weighted by Gasteiger charge is -2.32. The first-order chi connectivity index (χ1) is 11.6. The van der Waals surface area contributed by atoms with E-state index >= 15 is 0 Å². The van der Waals surface area contributed by atoms with E-state index in [2.05, 4.69) is 27.1 Å². The van der Waals surface area contributed by atoms with Gasteiger partial charge in [-0.15, -0.1) is 5.10 Å². The summed E-state index contributed by atoms with van der Waals surface area (Å²) in [5.74, 6) is -0.395. The Morgan fingerprint density at radius 3 is 2.96 bits per heavy atom. The van der Waals surface area contributed by atoms with Crippen LogP contribution in [0.4, 0.5) is 0 Å². The zero-order valence-corrected chi connectivity index (χ0v) is 13.9. The highest BCUT2D eigenvalue weighted by atomic mass is 32.1. The van der Waals surface area contributed by atoms with Gasteiger partial charge in [0.25, 0.3) is 0 Å². The Balaban J connectivity index is 1.41. The standard InChI is InChI=1S/C16H18N4O3S/c21-15(13-6-12(13)10-3-5-24-9-10)19-4-1-2-11(7-19)20-8-14(16(22)23)17-18-20/h3,5,8-9,11-13H,1-2,4,6-7H2,(H,22,23)/t11?,12-,13+/m0/s1. The van der Waals surface area contributed by atoms with Crippen LogP contribution in [0.25, 0.3) is 0 Å². The van der Waals surface area contributed by atoms with E-state index in [9.17, 15) is 9.59 Å². The van der Waals surface area contributed by atoms with Crippen LogP contribution in [0, 0.1) is 5.92 Å². The zero-order chi connectivity index (χ0) is 16.7. The molecule has 3 heterocycles. The SMILES string of the molecule is O=C(O)c1cn(C2CCCN(C(=O)[C@@H]3C[C@H]3c3ccsc3)C2)nn1. The predicted octanol–water partition coefficient (Wildman–Crippen LogP) is 2.00. The number of carbonyl (C=O) groups excluding carboxylic acids is 1. The fourth-order valence-electron chi connectivity index (χ4n) is 3.48. The van der Waals surface area contributed by atoms with E-state index in [1.165, 1.54) is 11.8 Å². The summed E-state index contributed by atoms with van der Waals surface area (Å²) in [5.41, 5.74) is 1.22. The highest BCUT2D eigenvalue weighted by Gasteiger charge is 2.46. The van der Waals surface area contributed by atoms with E-state index in [1.807, 2.05) is 4.90 Å². The Morgan fingerprint density at radius 2 is 2.25 bits per heavy atom. The number of aromatic nitrogens is 3. The van der Waals surface area contributed by atoms with Crippen molar-refractivity contribution < 1.29 is 14.7 Å². The maximum Gasteiger partial charge on any atom is 0.358 e. The van der Waals surface area contributed by atoms with Gasteiger partial charge in [0.15, 0.2) is 5.69 Å². The third-order valence-electron chi connectivity index (χ3n) is 4.89. The zero-order valence-electron chi connectivity index (χ0n) is 13.0. The molecule has 1 saturated carbocycles. The summed E-state index contributed by atoms with van der Waals surface area (Å²) in [5, 5.41) is 20.7. The van der Waals surface area contributed by atoms with Gasteiger partial charge in [-0.1, -0.05) is 5.21 Å². The third-order valence-corrected chi connectivity index (χ3v) is 5.59. The quantitative estimate of drug-likeness (QED) is 0.915. The molecule has 0 aromatic carbocycles. The minimum Gasteiger partial charge on any atom is -0.476 e. The Hall–Kier alpha value is -2.22. The minimum absolute atomic E-state index is 0.00153. The minimum atomic E-state index is -1.08. The van der Waals surface area contributed by atoms with Crippen molar-refractivity contribution in [3.05, 3.63) is 34.3 Å². The molecule has 2 aromatic rings. The van der Waals surface area contributed by atoms with Gasteiger partial charge in [0.05, 0.1) is 12.2 Å². The average Bonchev–Trinajstić information content (AvgIpc) is 3.03. The van der Waals surface area contributed by atoms with Crippen molar-refractivity contribution in [2.45, 2.75) is 31.2 Å². The lowest BCUT2D eigenvalue weighted by Crippen LogP contribution is -2.41. The number of likely N-dealkylation sites (tertiary alicyclic amines) is 1. The number of carboxylic acids is 1. The summed E-state index contributed by atoms with van der Waals surface area (Å²) in [6.45, 7) is 1.34. The lowest BCUT2D eigenvalue weighted by molar-refractivity contribution is -0.134. The molecule has 8 heteroatoms. The largest absolute Gasteiger partial charge is 0.476 e. The molecule has 1 aliphatic carbocycles. The molecule has 1 aliphatic heterocycles. The second-order valence-corrected chi connectivity index (χ2v) is 7.25. The summed E-state index contributed by atoms with van der Waals surface area (Å²) >= 11 is 1.67. The lowest BCUT2D eigenvalue weighted by atomic mass is 10.0. The van der Waals surface area contributed by atoms with Gasteiger partial charge in [0, 0.05) is 19.0 Å². The molecule has 2 fully saturated rings. The van der Waals surface area contributed by atoms with Gasteiger partial charge in [-0.2, -0.15) is 11.3 Å². The van der Waals surface area contributed by atoms with Gasteiger partial charge in [-0.3, -0.25) is 4.79 Å². The molecule has 0 radical (unpaired) electrons. The molecule has 7 nitrogen and oxygen atoms in total. The van der Waals surface area contributed by atoms with E-state index in [0.29, 0.717) is 12.5 Å². The molecule has 3 atom stereocenters. The van der Waals surface area contributed by atoms with E-state index in [4.69, 9.17) is 5.11 Å². The van der Waals surface area contributed by atoms with Crippen LogP contribution in [0.3, 0.4) is 0 Å². The number of aromatic carboxylic acids is 1. The number of rotatable bonds is 4. The molecule has 4 rings (SSSR count). The van der Waals surface area contributed by atoms with Gasteiger partial charge in [-0.05, 0) is 47.6 Å². The molecule has 1 saturated heterocycles. The topological polar surface area (TPSA) is 88.3 Å². The fourth-order valence-corrected chi connectivity index (χ4v) is 4.21. The van der Waals surface area contributed by atoms with Crippen molar-refractivity contribution in [2.24, 2.45) is 5.92 Å². The van der Waals surface area contributed by atoms with Gasteiger partial charge in [-0.25, -0.2) is 9.48 Å². The van der Waals surface area contributed by atoms with Crippen molar-refractivity contribution in [3.63, 3.8) is 0 Å². The molecule has 1 amide bonds. The van der Waals surface area contributed by atoms with Crippen LogP contribution >= 0.6 is 11.3 Å². The molecule has 126 valence electrons. The van der Waals surface area contributed by atoms with E-state index < -0.39 is 5.97 Å². The first-order valence-electron chi connectivity index (χ1n) is 8.09. The number of amides is 1. The Labute approximate surface area is 142 Å². The molecule has 0 spiro atoms. The monoisotopic (exact) mass is 346 g/mol. The van der Waals surface area contributed by atoms with Crippen molar-refractivity contribution in [1.29, 1.82) is 0 Å². The van der Waals surface area contributed by atoms with E-state index in [-0.39, 0.29) is 23.6 Å². The first kappa shape index (κ1) is 15.3. The van der Waals surface area contributed by atoms with Crippen LogP contribution < -0.4 is 0 Å². The van der Waals surface area contributed by atoms with Crippen LogP contribution in [-0.4, -0.2) is 50.0 Å². The van der Waals surface area contributed by atoms with Gasteiger partial charge < -0.3 is 10.0 Å². The molecule has 2 aliphatic rings. The van der Waals surface area contributed by atoms with Crippen LogP contribution in [0.5, 0.6) is 0 Å². The molecular formula is C16H18N4O3S. The molecule has 2 aromatic heterocycles. The Kier molecular flexibility index (Phi) is 3.84. The molecule has 0 bridgehead atoms. The van der Waals surface area contributed by atoms with Crippen molar-refractivity contribution in [1.82, 2.24) is 19.9 Å². The Bertz CT molecular complexity index is 757. The number of carboxylic acid groups (broad SMARTS) is 1. The summed E-state index contributed by atoms with van der Waals surface area (Å²) in [6, 6.07) is 2.10. The number of carbonyl (C=O) groups is 2. The number of piperidine rings is 1. The summed E-state index contributed by atoms with van der Waals surface area (Å²) in [6.07, 6.45) is 4.16. The summed E-state index contributed by atoms with van der Waals surface area (Å²) in [4.78, 5) is 25.6. The van der Waals surface area contributed by atoms with Crippen LogP contribution in [0.1, 0.15) is 47.3 Å². The highest BCUT2D eigenvalue weighted by molar-refractivity contribution is 7.08. The molecule has 1 unspecified atom stereocenters. The van der Waals surface area contributed by atoms with Gasteiger partial charge in [0.2, 0.25) is 5.91 Å². The predicted molar refractivity (Wildman–Crippen MR) is 87.0 cm³/mol. The number of hydrogen-bond donors (Lipinski definition) is 1. The average molecular weight is 346 g/mol. The van der Waals surface area contributed by atoms with E-state index in [1.54, 1.807) is 16.0 Å². The number of thiophene rings is 1. The molecule has 1 N–H and O–H groups in total. The van der Waals surface area contributed by atoms with Crippen LogP contribution in [-0.2, 0) is 4.79 Å². The van der Waals surface area contributed by atoms with Crippen LogP contribution in [0.15, 0.2) is 23.0 Å². The second kappa shape index (κ2) is 6.01. The van der Waals surface area contributed by atoms with Crippen molar-refractivity contribution in [3.8, 4) is 0 Å². The maximum atomic E-state index is 12.7. The van der Waals surface area contributed by atoms with E-state index in [0.717, 1.165) is 25.8 Å². The van der Waals surface area contributed by atoms with Gasteiger partial charge >= 0.3 is 5.97 Å². The second-order valence-electron chi connectivity index (χ2n) is 6.47. The molecule has 24 heavy (non-hydrogen) atoms. The van der Waals surface area contributed by atoms with Gasteiger partial charge in [0.1, 0.15) is 0 Å². The van der Waals surface area contributed by atoms with Crippen LogP contribution in [0.2, 0.25) is 0 Å². The summed E-state index contributed by atoms with van der Waals surface area (Å²) < 4.78 is 1.59. The smallest absolute Gasteiger partial charge is 0.358 e. The highest BCUT2D eigenvalue weighted by Crippen LogP contribution is 2.49. The van der Waals surface area contributed by atoms with Crippen molar-refractivity contribution >= 4 is 23.2 Å². The molecular weight excluding hydrogens is 328 g/mol. The third kappa shape index (κ3) is 2.82. The first-order valence-corrected chi connectivity index (χ1v) is 9.04. The normalized spacial score (nSPS) is 26.3. The van der Waals surface area contributed by atoms with Crippen molar-refractivity contribution in [2.75, 3.05) is 13.1 Å².